The topological polar surface area (TPSA) is 39.4 Å². The van der Waals surface area contributed by atoms with Gasteiger partial charge in [0, 0.05) is 22.0 Å². The van der Waals surface area contributed by atoms with E-state index in [-0.39, 0.29) is 12.2 Å². The van der Waals surface area contributed by atoms with E-state index < -0.39 is 0 Å². The summed E-state index contributed by atoms with van der Waals surface area (Å²) >= 11 is 11.8. The van der Waals surface area contributed by atoms with Crippen molar-refractivity contribution in [3.05, 3.63) is 50.3 Å². The van der Waals surface area contributed by atoms with Crippen molar-refractivity contribution in [3.8, 4) is 5.75 Å². The van der Waals surface area contributed by atoms with Crippen molar-refractivity contribution in [2.24, 2.45) is 0 Å². The van der Waals surface area contributed by atoms with Crippen LogP contribution in [0.15, 0.2) is 33.0 Å². The molecule has 0 atom stereocenters. The predicted octanol–water partition coefficient (Wildman–Crippen LogP) is 4.19. The highest BCUT2D eigenvalue weighted by Gasteiger charge is 2.12. The van der Waals surface area contributed by atoms with Crippen molar-refractivity contribution in [1.82, 2.24) is 0 Å². The Morgan fingerprint density at radius 3 is 2.68 bits per heavy atom. The van der Waals surface area contributed by atoms with E-state index >= 15 is 0 Å². The molecular weight excluding hydrogens is 287 g/mol. The van der Waals surface area contributed by atoms with Crippen molar-refractivity contribution < 1.29 is 9.15 Å². The average Bonchev–Trinajstić information content (AvgIpc) is 2.35. The quantitative estimate of drug-likeness (QED) is 0.798. The Labute approximate surface area is 120 Å². The Hall–Kier alpha value is -1.45. The van der Waals surface area contributed by atoms with Crippen LogP contribution in [0, 0.1) is 13.8 Å². The zero-order valence-electron chi connectivity index (χ0n) is 10.5. The SMILES string of the molecule is C=C(Cl)COc1cc2oc(=O)c(C)c(C)c2cc1Cl. The van der Waals surface area contributed by atoms with Gasteiger partial charge in [0.1, 0.15) is 17.9 Å². The fourth-order valence-corrected chi connectivity index (χ4v) is 1.98. The van der Waals surface area contributed by atoms with Gasteiger partial charge in [0.25, 0.3) is 0 Å². The summed E-state index contributed by atoms with van der Waals surface area (Å²) in [4.78, 5) is 11.6. The summed E-state index contributed by atoms with van der Waals surface area (Å²) in [6.45, 7) is 7.24. The number of hydrogen-bond donors (Lipinski definition) is 0. The Balaban J connectivity index is 2.59. The first-order chi connectivity index (χ1) is 8.90. The van der Waals surface area contributed by atoms with Gasteiger partial charge in [0.15, 0.2) is 0 Å². The molecule has 0 fully saturated rings. The fraction of sp³-hybridized carbons (Fsp3) is 0.214. The van der Waals surface area contributed by atoms with Gasteiger partial charge in [0.2, 0.25) is 0 Å². The molecule has 100 valence electrons. The van der Waals surface area contributed by atoms with Crippen LogP contribution in [0.5, 0.6) is 5.75 Å². The molecule has 2 rings (SSSR count). The van der Waals surface area contributed by atoms with Gasteiger partial charge in [-0.25, -0.2) is 4.79 Å². The predicted molar refractivity (Wildman–Crippen MR) is 77.5 cm³/mol. The molecule has 0 aliphatic carbocycles. The van der Waals surface area contributed by atoms with E-state index in [4.69, 9.17) is 32.4 Å². The summed E-state index contributed by atoms with van der Waals surface area (Å²) in [7, 11) is 0. The normalized spacial score (nSPS) is 10.7. The summed E-state index contributed by atoms with van der Waals surface area (Å²) < 4.78 is 10.6. The van der Waals surface area contributed by atoms with Gasteiger partial charge < -0.3 is 9.15 Å². The van der Waals surface area contributed by atoms with Gasteiger partial charge in [-0.15, -0.1) is 0 Å². The van der Waals surface area contributed by atoms with E-state index in [1.165, 1.54) is 0 Å². The van der Waals surface area contributed by atoms with E-state index in [1.54, 1.807) is 19.1 Å². The van der Waals surface area contributed by atoms with Gasteiger partial charge >= 0.3 is 5.63 Å². The van der Waals surface area contributed by atoms with Gasteiger partial charge in [-0.3, -0.25) is 0 Å². The number of halogens is 2. The number of ether oxygens (including phenoxy) is 1. The van der Waals surface area contributed by atoms with E-state index in [0.29, 0.717) is 27.0 Å². The summed E-state index contributed by atoms with van der Waals surface area (Å²) in [5, 5.41) is 1.58. The molecule has 0 N–H and O–H groups in total. The number of benzene rings is 1. The van der Waals surface area contributed by atoms with E-state index in [0.717, 1.165) is 10.9 Å². The minimum absolute atomic E-state index is 0.141. The second-order valence-electron chi connectivity index (χ2n) is 4.22. The van der Waals surface area contributed by atoms with Gasteiger partial charge in [0.05, 0.1) is 5.02 Å². The van der Waals surface area contributed by atoms with Crippen LogP contribution in [0.25, 0.3) is 11.0 Å². The lowest BCUT2D eigenvalue weighted by Crippen LogP contribution is -2.06. The molecule has 0 aliphatic rings. The minimum Gasteiger partial charge on any atom is -0.486 e. The lowest BCUT2D eigenvalue weighted by molar-refractivity contribution is 0.359. The molecule has 5 heteroatoms. The van der Waals surface area contributed by atoms with Gasteiger partial charge in [-0.1, -0.05) is 29.8 Å². The zero-order valence-corrected chi connectivity index (χ0v) is 12.1. The number of rotatable bonds is 3. The molecule has 3 nitrogen and oxygen atoms in total. The van der Waals surface area contributed by atoms with Crippen LogP contribution in [-0.4, -0.2) is 6.61 Å². The maximum atomic E-state index is 11.6. The van der Waals surface area contributed by atoms with E-state index in [9.17, 15) is 4.79 Å². The summed E-state index contributed by atoms with van der Waals surface area (Å²) in [6.07, 6.45) is 0. The summed E-state index contributed by atoms with van der Waals surface area (Å²) in [6, 6.07) is 3.31. The van der Waals surface area contributed by atoms with Crippen molar-refractivity contribution in [2.75, 3.05) is 6.61 Å². The molecule has 0 amide bonds. The van der Waals surface area contributed by atoms with Crippen molar-refractivity contribution >= 4 is 34.2 Å². The molecule has 0 bridgehead atoms. The second-order valence-corrected chi connectivity index (χ2v) is 5.17. The highest BCUT2D eigenvalue weighted by Crippen LogP contribution is 2.32. The van der Waals surface area contributed by atoms with Crippen molar-refractivity contribution in [1.29, 1.82) is 0 Å². The lowest BCUT2D eigenvalue weighted by Gasteiger charge is -2.10. The van der Waals surface area contributed by atoms with E-state index in [2.05, 4.69) is 6.58 Å². The molecule has 0 aliphatic heterocycles. The van der Waals surface area contributed by atoms with Crippen LogP contribution in [-0.2, 0) is 0 Å². The molecule has 1 aromatic heterocycles. The number of aryl methyl sites for hydroxylation is 1. The molecule has 0 radical (unpaired) electrons. The first-order valence-corrected chi connectivity index (χ1v) is 6.35. The monoisotopic (exact) mass is 298 g/mol. The standard InChI is InChI=1S/C14H12Cl2O3/c1-7(15)6-18-13-5-12-10(4-11(13)16)8(2)9(3)14(17)19-12/h4-5H,1,6H2,2-3H3. The average molecular weight is 299 g/mol. The Morgan fingerprint density at radius 2 is 2.05 bits per heavy atom. The fourth-order valence-electron chi connectivity index (χ4n) is 1.71. The van der Waals surface area contributed by atoms with Gasteiger partial charge in [-0.2, -0.15) is 0 Å². The van der Waals surface area contributed by atoms with Crippen LogP contribution in [0.2, 0.25) is 5.02 Å². The molecule has 0 saturated carbocycles. The molecule has 1 heterocycles. The molecule has 2 aromatic rings. The van der Waals surface area contributed by atoms with Crippen LogP contribution in [0.4, 0.5) is 0 Å². The van der Waals surface area contributed by atoms with E-state index in [1.807, 2.05) is 6.92 Å². The third-order valence-corrected chi connectivity index (χ3v) is 3.30. The first-order valence-electron chi connectivity index (χ1n) is 5.59. The van der Waals surface area contributed by atoms with Crippen molar-refractivity contribution in [2.45, 2.75) is 13.8 Å². The van der Waals surface area contributed by atoms with Crippen LogP contribution in [0.3, 0.4) is 0 Å². The van der Waals surface area contributed by atoms with Crippen LogP contribution in [0.1, 0.15) is 11.1 Å². The largest absolute Gasteiger partial charge is 0.486 e. The first kappa shape index (κ1) is 14.0. The van der Waals surface area contributed by atoms with Crippen molar-refractivity contribution in [3.63, 3.8) is 0 Å². The molecule has 0 unspecified atom stereocenters. The lowest BCUT2D eigenvalue weighted by atomic mass is 10.1. The zero-order chi connectivity index (χ0) is 14.2. The summed E-state index contributed by atoms with van der Waals surface area (Å²) in [5.41, 5.74) is 1.50. The minimum atomic E-state index is -0.361. The van der Waals surface area contributed by atoms with Gasteiger partial charge in [-0.05, 0) is 25.5 Å². The molecule has 0 spiro atoms. The highest BCUT2D eigenvalue weighted by molar-refractivity contribution is 6.33. The van der Waals surface area contributed by atoms with Crippen LogP contribution >= 0.6 is 23.2 Å². The second kappa shape index (κ2) is 5.27. The third kappa shape index (κ3) is 2.77. The third-order valence-electron chi connectivity index (χ3n) is 2.89. The Morgan fingerprint density at radius 1 is 1.37 bits per heavy atom. The molecule has 0 saturated heterocycles. The smallest absolute Gasteiger partial charge is 0.339 e. The van der Waals surface area contributed by atoms with Crippen LogP contribution < -0.4 is 10.4 Å². The summed E-state index contributed by atoms with van der Waals surface area (Å²) in [5.74, 6) is 0.405. The highest BCUT2D eigenvalue weighted by atomic mass is 35.5. The maximum Gasteiger partial charge on any atom is 0.339 e. The molecule has 1 aromatic carbocycles. The number of hydrogen-bond acceptors (Lipinski definition) is 3. The maximum absolute atomic E-state index is 11.6. The molecular formula is C14H12Cl2O3. The Kier molecular flexibility index (Phi) is 3.88. The number of fused-ring (bicyclic) bond motifs is 1. The Bertz CT molecular complexity index is 717. The molecule has 19 heavy (non-hydrogen) atoms.